The van der Waals surface area contributed by atoms with E-state index >= 15 is 0 Å². The number of benzene rings is 2. The van der Waals surface area contributed by atoms with E-state index in [1.54, 1.807) is 36.4 Å². The molecular weight excluding hydrogens is 256 g/mol. The fourth-order valence-corrected chi connectivity index (χ4v) is 1.94. The molecule has 0 aliphatic rings. The molecule has 3 nitrogen and oxygen atoms in total. The Balaban J connectivity index is 2.30. The predicted octanol–water partition coefficient (Wildman–Crippen LogP) is 3.41. The van der Waals surface area contributed by atoms with Gasteiger partial charge in [-0.1, -0.05) is 18.2 Å². The van der Waals surface area contributed by atoms with E-state index in [0.29, 0.717) is 21.7 Å². The summed E-state index contributed by atoms with van der Waals surface area (Å²) >= 11 is 4.26. The van der Waals surface area contributed by atoms with Gasteiger partial charge < -0.3 is 5.32 Å². The van der Waals surface area contributed by atoms with Gasteiger partial charge in [-0.2, -0.15) is 5.26 Å². The third-order valence-corrected chi connectivity index (χ3v) is 3.15. The standard InChI is InChI=1S/C15H12N2OS/c1-10-6-7-11(9-16)8-13(10)17-15(18)12-4-2-3-5-14(12)19/h2-8,19H,1H3,(H,17,18). The van der Waals surface area contributed by atoms with Crippen LogP contribution in [0, 0.1) is 18.3 Å². The van der Waals surface area contributed by atoms with E-state index in [9.17, 15) is 4.79 Å². The van der Waals surface area contributed by atoms with Crippen LogP contribution in [0.4, 0.5) is 5.69 Å². The van der Waals surface area contributed by atoms with Crippen LogP contribution in [0.5, 0.6) is 0 Å². The first-order valence-electron chi connectivity index (χ1n) is 5.72. The second kappa shape index (κ2) is 5.59. The molecule has 19 heavy (non-hydrogen) atoms. The molecule has 1 amide bonds. The van der Waals surface area contributed by atoms with Gasteiger partial charge in [-0.25, -0.2) is 0 Å². The largest absolute Gasteiger partial charge is 0.322 e. The lowest BCUT2D eigenvalue weighted by Crippen LogP contribution is -2.13. The fourth-order valence-electron chi connectivity index (χ4n) is 1.68. The maximum atomic E-state index is 12.1. The van der Waals surface area contributed by atoms with Gasteiger partial charge in [-0.05, 0) is 36.8 Å². The molecule has 2 aromatic rings. The molecule has 4 heteroatoms. The van der Waals surface area contributed by atoms with Crippen molar-refractivity contribution in [1.82, 2.24) is 0 Å². The van der Waals surface area contributed by atoms with Crippen LogP contribution in [0.25, 0.3) is 0 Å². The highest BCUT2D eigenvalue weighted by Gasteiger charge is 2.10. The van der Waals surface area contributed by atoms with E-state index in [2.05, 4.69) is 24.0 Å². The van der Waals surface area contributed by atoms with Crippen LogP contribution in [0.1, 0.15) is 21.5 Å². The Morgan fingerprint density at radius 2 is 2.00 bits per heavy atom. The zero-order valence-electron chi connectivity index (χ0n) is 10.3. The number of anilines is 1. The first kappa shape index (κ1) is 13.2. The minimum Gasteiger partial charge on any atom is -0.322 e. The van der Waals surface area contributed by atoms with Crippen LogP contribution in [0.3, 0.4) is 0 Å². The number of carbonyl (C=O) groups is 1. The summed E-state index contributed by atoms with van der Waals surface area (Å²) in [4.78, 5) is 12.8. The lowest BCUT2D eigenvalue weighted by Gasteiger charge is -2.09. The minimum atomic E-state index is -0.233. The summed E-state index contributed by atoms with van der Waals surface area (Å²) < 4.78 is 0. The van der Waals surface area contributed by atoms with Crippen molar-refractivity contribution < 1.29 is 4.79 Å². The molecule has 0 spiro atoms. The molecule has 0 fully saturated rings. The van der Waals surface area contributed by atoms with Gasteiger partial charge in [0.2, 0.25) is 0 Å². The number of nitrogens with zero attached hydrogens (tertiary/aromatic N) is 1. The number of rotatable bonds is 2. The Bertz CT molecular complexity index is 674. The summed E-state index contributed by atoms with van der Waals surface area (Å²) in [5, 5.41) is 11.7. The van der Waals surface area contributed by atoms with Gasteiger partial charge in [0.1, 0.15) is 0 Å². The summed E-state index contributed by atoms with van der Waals surface area (Å²) in [6.45, 7) is 1.88. The first-order valence-corrected chi connectivity index (χ1v) is 6.16. The molecule has 2 rings (SSSR count). The molecule has 0 aliphatic carbocycles. The Morgan fingerprint density at radius 3 is 2.68 bits per heavy atom. The van der Waals surface area contributed by atoms with E-state index in [0.717, 1.165) is 5.56 Å². The molecule has 2 aromatic carbocycles. The lowest BCUT2D eigenvalue weighted by atomic mass is 10.1. The average Bonchev–Trinajstić information content (AvgIpc) is 2.41. The predicted molar refractivity (Wildman–Crippen MR) is 77.5 cm³/mol. The summed E-state index contributed by atoms with van der Waals surface area (Å²) in [6.07, 6.45) is 0. The molecule has 0 atom stereocenters. The van der Waals surface area contributed by atoms with Crippen molar-refractivity contribution in [2.75, 3.05) is 5.32 Å². The highest BCUT2D eigenvalue weighted by atomic mass is 32.1. The molecule has 0 saturated heterocycles. The maximum absolute atomic E-state index is 12.1. The summed E-state index contributed by atoms with van der Waals surface area (Å²) in [5.74, 6) is -0.233. The molecule has 0 saturated carbocycles. The molecule has 0 radical (unpaired) electrons. The highest BCUT2D eigenvalue weighted by molar-refractivity contribution is 7.80. The number of carbonyl (C=O) groups excluding carboxylic acids is 1. The molecular formula is C15H12N2OS. The average molecular weight is 268 g/mol. The zero-order valence-corrected chi connectivity index (χ0v) is 11.2. The third kappa shape index (κ3) is 2.95. The van der Waals surface area contributed by atoms with Crippen LogP contribution in [-0.4, -0.2) is 5.91 Å². The number of aryl methyl sites for hydroxylation is 1. The molecule has 94 valence electrons. The van der Waals surface area contributed by atoms with Gasteiger partial charge in [-0.3, -0.25) is 4.79 Å². The summed E-state index contributed by atoms with van der Waals surface area (Å²) in [7, 11) is 0. The van der Waals surface area contributed by atoms with Gasteiger partial charge in [0.05, 0.1) is 17.2 Å². The number of hydrogen-bond donors (Lipinski definition) is 2. The Kier molecular flexibility index (Phi) is 3.88. The van der Waals surface area contributed by atoms with E-state index in [1.165, 1.54) is 0 Å². The number of hydrogen-bond acceptors (Lipinski definition) is 3. The quantitative estimate of drug-likeness (QED) is 0.820. The molecule has 0 aromatic heterocycles. The SMILES string of the molecule is Cc1ccc(C#N)cc1NC(=O)c1ccccc1S. The Morgan fingerprint density at radius 1 is 1.26 bits per heavy atom. The van der Waals surface area contributed by atoms with Gasteiger partial charge in [0.15, 0.2) is 0 Å². The second-order valence-electron chi connectivity index (χ2n) is 4.11. The van der Waals surface area contributed by atoms with Gasteiger partial charge in [-0.15, -0.1) is 12.6 Å². The monoisotopic (exact) mass is 268 g/mol. The number of thiol groups is 1. The van der Waals surface area contributed by atoms with Crippen LogP contribution >= 0.6 is 12.6 Å². The normalized spacial score (nSPS) is 9.74. The number of amides is 1. The van der Waals surface area contributed by atoms with Crippen LogP contribution in [0.2, 0.25) is 0 Å². The van der Waals surface area contributed by atoms with E-state index < -0.39 is 0 Å². The van der Waals surface area contributed by atoms with Crippen LogP contribution in [0.15, 0.2) is 47.4 Å². The van der Waals surface area contributed by atoms with Crippen LogP contribution in [-0.2, 0) is 0 Å². The molecule has 0 bridgehead atoms. The number of nitriles is 1. The Labute approximate surface area is 117 Å². The van der Waals surface area contributed by atoms with E-state index in [-0.39, 0.29) is 5.91 Å². The van der Waals surface area contributed by atoms with Crippen molar-refractivity contribution in [1.29, 1.82) is 5.26 Å². The topological polar surface area (TPSA) is 52.9 Å². The minimum absolute atomic E-state index is 0.233. The smallest absolute Gasteiger partial charge is 0.256 e. The van der Waals surface area contributed by atoms with E-state index in [4.69, 9.17) is 5.26 Å². The Hall–Kier alpha value is -2.25. The lowest BCUT2D eigenvalue weighted by molar-refractivity contribution is 0.102. The van der Waals surface area contributed by atoms with Crippen molar-refractivity contribution in [2.24, 2.45) is 0 Å². The summed E-state index contributed by atoms with van der Waals surface area (Å²) in [6, 6.07) is 14.3. The maximum Gasteiger partial charge on any atom is 0.256 e. The molecule has 1 N–H and O–H groups in total. The number of nitrogens with one attached hydrogen (secondary N) is 1. The summed E-state index contributed by atoms with van der Waals surface area (Å²) in [5.41, 5.74) is 2.57. The second-order valence-corrected chi connectivity index (χ2v) is 4.59. The molecule has 0 unspecified atom stereocenters. The van der Waals surface area contributed by atoms with Crippen molar-refractivity contribution in [3.05, 3.63) is 59.2 Å². The van der Waals surface area contributed by atoms with Crippen molar-refractivity contribution >= 4 is 24.2 Å². The van der Waals surface area contributed by atoms with Gasteiger partial charge >= 0.3 is 0 Å². The van der Waals surface area contributed by atoms with Crippen molar-refractivity contribution in [2.45, 2.75) is 11.8 Å². The fraction of sp³-hybridized carbons (Fsp3) is 0.0667. The first-order chi connectivity index (χ1) is 9.11. The van der Waals surface area contributed by atoms with E-state index in [1.807, 2.05) is 13.0 Å². The highest BCUT2D eigenvalue weighted by Crippen LogP contribution is 2.19. The third-order valence-electron chi connectivity index (χ3n) is 2.76. The van der Waals surface area contributed by atoms with Crippen molar-refractivity contribution in [3.63, 3.8) is 0 Å². The van der Waals surface area contributed by atoms with Gasteiger partial charge in [0.25, 0.3) is 5.91 Å². The molecule has 0 aliphatic heterocycles. The van der Waals surface area contributed by atoms with Gasteiger partial charge in [0, 0.05) is 10.6 Å². The molecule has 0 heterocycles. The van der Waals surface area contributed by atoms with Crippen LogP contribution < -0.4 is 5.32 Å². The zero-order chi connectivity index (χ0) is 13.8. The van der Waals surface area contributed by atoms with Crippen molar-refractivity contribution in [3.8, 4) is 6.07 Å².